The highest BCUT2D eigenvalue weighted by Crippen LogP contribution is 2.25. The molecule has 0 atom stereocenters. The molecule has 0 amide bonds. The minimum Gasteiger partial charge on any atom is -0.340 e. The van der Waals surface area contributed by atoms with E-state index in [2.05, 4.69) is 51.2 Å². The summed E-state index contributed by atoms with van der Waals surface area (Å²) >= 11 is 0. The molecule has 0 saturated carbocycles. The van der Waals surface area contributed by atoms with Crippen molar-refractivity contribution >= 4 is 22.4 Å². The van der Waals surface area contributed by atoms with Crippen LogP contribution in [0.25, 0.3) is 16.6 Å². The van der Waals surface area contributed by atoms with Crippen molar-refractivity contribution in [3.05, 3.63) is 77.2 Å². The first-order chi connectivity index (χ1) is 16.6. The standard InChI is InChI=1S/C26H31N7O/c1-3-20-5-4-6-21(17-20)29-25-23-18-22(7-8-24(23)27-19-28-25)33-16-15-32(26(33)34)14-13-31-11-9-30(2)10-12-31/h4-8,15-19H,3,9-14H2,1-2H3,(H,27,28,29). The van der Waals surface area contributed by atoms with E-state index in [0.717, 1.165) is 67.2 Å². The highest BCUT2D eigenvalue weighted by molar-refractivity contribution is 5.92. The molecule has 0 radical (unpaired) electrons. The van der Waals surface area contributed by atoms with E-state index in [9.17, 15) is 4.79 Å². The largest absolute Gasteiger partial charge is 0.340 e. The molecule has 1 aliphatic rings. The Balaban J connectivity index is 1.39. The fourth-order valence-corrected chi connectivity index (χ4v) is 4.40. The van der Waals surface area contributed by atoms with Crippen molar-refractivity contribution in [3.63, 3.8) is 0 Å². The van der Waals surface area contributed by atoms with Crippen LogP contribution in [0.3, 0.4) is 0 Å². The van der Waals surface area contributed by atoms with Crippen LogP contribution in [0, 0.1) is 0 Å². The zero-order valence-electron chi connectivity index (χ0n) is 19.8. The Hall–Kier alpha value is -3.49. The smallest absolute Gasteiger partial charge is 0.332 e. The number of aromatic nitrogens is 4. The Kier molecular flexibility index (Phi) is 6.42. The maximum absolute atomic E-state index is 13.1. The number of hydrogen-bond acceptors (Lipinski definition) is 6. The molecule has 1 saturated heterocycles. The first kappa shape index (κ1) is 22.3. The normalized spacial score (nSPS) is 15.1. The summed E-state index contributed by atoms with van der Waals surface area (Å²) < 4.78 is 3.48. The molecule has 176 valence electrons. The summed E-state index contributed by atoms with van der Waals surface area (Å²) in [7, 11) is 2.15. The number of imidazole rings is 1. The third-order valence-electron chi connectivity index (χ3n) is 6.60. The van der Waals surface area contributed by atoms with E-state index in [-0.39, 0.29) is 5.69 Å². The summed E-state index contributed by atoms with van der Waals surface area (Å²) in [4.78, 5) is 26.8. The molecule has 1 N–H and O–H groups in total. The van der Waals surface area contributed by atoms with Crippen LogP contribution in [0.2, 0.25) is 0 Å². The van der Waals surface area contributed by atoms with Crippen LogP contribution in [0.1, 0.15) is 12.5 Å². The van der Waals surface area contributed by atoms with Crippen LogP contribution in [-0.2, 0) is 13.0 Å². The fraction of sp³-hybridized carbons (Fsp3) is 0.346. The topological polar surface area (TPSA) is 71.2 Å². The van der Waals surface area contributed by atoms with Gasteiger partial charge >= 0.3 is 5.69 Å². The van der Waals surface area contributed by atoms with Crippen molar-refractivity contribution in [3.8, 4) is 5.69 Å². The predicted octanol–water partition coefficient (Wildman–Crippen LogP) is 3.14. The van der Waals surface area contributed by atoms with Gasteiger partial charge in [-0.05, 0) is 49.4 Å². The second kappa shape index (κ2) is 9.79. The summed E-state index contributed by atoms with van der Waals surface area (Å²) in [6.07, 6.45) is 6.25. The molecule has 1 fully saturated rings. The lowest BCUT2D eigenvalue weighted by molar-refractivity contribution is 0.149. The van der Waals surface area contributed by atoms with Gasteiger partial charge in [0.1, 0.15) is 12.1 Å². The Morgan fingerprint density at radius 3 is 2.65 bits per heavy atom. The van der Waals surface area contributed by atoms with Crippen LogP contribution in [0.4, 0.5) is 11.5 Å². The Morgan fingerprint density at radius 2 is 1.82 bits per heavy atom. The average Bonchev–Trinajstić information content (AvgIpc) is 3.24. The summed E-state index contributed by atoms with van der Waals surface area (Å²) in [5.41, 5.74) is 3.84. The molecule has 2 aromatic heterocycles. The van der Waals surface area contributed by atoms with E-state index in [0.29, 0.717) is 6.54 Å². The molecule has 3 heterocycles. The molecule has 5 rings (SSSR count). The van der Waals surface area contributed by atoms with E-state index in [1.165, 1.54) is 5.56 Å². The summed E-state index contributed by atoms with van der Waals surface area (Å²) in [6.45, 7) is 7.96. The second-order valence-corrected chi connectivity index (χ2v) is 8.89. The van der Waals surface area contributed by atoms with Gasteiger partial charge in [-0.1, -0.05) is 19.1 Å². The molecular weight excluding hydrogens is 426 g/mol. The zero-order valence-corrected chi connectivity index (χ0v) is 19.8. The lowest BCUT2D eigenvalue weighted by atomic mass is 10.1. The van der Waals surface area contributed by atoms with Gasteiger partial charge in [-0.25, -0.2) is 14.8 Å². The molecule has 4 aromatic rings. The van der Waals surface area contributed by atoms with Gasteiger partial charge in [-0.3, -0.25) is 14.0 Å². The van der Waals surface area contributed by atoms with E-state index in [1.54, 1.807) is 15.5 Å². The van der Waals surface area contributed by atoms with Crippen molar-refractivity contribution in [2.75, 3.05) is 45.1 Å². The van der Waals surface area contributed by atoms with Gasteiger partial charge in [-0.2, -0.15) is 0 Å². The molecule has 0 bridgehead atoms. The Morgan fingerprint density at radius 1 is 0.971 bits per heavy atom. The summed E-state index contributed by atoms with van der Waals surface area (Å²) in [6, 6.07) is 14.2. The highest BCUT2D eigenvalue weighted by atomic mass is 16.1. The fourth-order valence-electron chi connectivity index (χ4n) is 4.40. The maximum atomic E-state index is 13.1. The van der Waals surface area contributed by atoms with Crippen molar-refractivity contribution in [1.29, 1.82) is 0 Å². The molecule has 0 spiro atoms. The highest BCUT2D eigenvalue weighted by Gasteiger charge is 2.15. The first-order valence-electron chi connectivity index (χ1n) is 11.9. The third-order valence-corrected chi connectivity index (χ3v) is 6.60. The quantitative estimate of drug-likeness (QED) is 0.460. The van der Waals surface area contributed by atoms with Crippen molar-refractivity contribution in [2.45, 2.75) is 19.9 Å². The van der Waals surface area contributed by atoms with Gasteiger partial charge in [0, 0.05) is 62.7 Å². The molecule has 0 unspecified atom stereocenters. The number of aryl methyl sites for hydroxylation is 1. The number of piperazine rings is 1. The van der Waals surface area contributed by atoms with Crippen LogP contribution in [-0.4, -0.2) is 68.7 Å². The molecule has 1 aliphatic heterocycles. The number of likely N-dealkylation sites (N-methyl/N-ethyl adjacent to an activating group) is 1. The number of rotatable bonds is 7. The SMILES string of the molecule is CCc1cccc(Nc2ncnc3ccc(-n4ccn(CCN5CCN(C)CC5)c4=O)cc23)c1. The molecule has 8 heteroatoms. The molecular formula is C26H31N7O. The second-order valence-electron chi connectivity index (χ2n) is 8.89. The van der Waals surface area contributed by atoms with Gasteiger partial charge in [0.25, 0.3) is 0 Å². The lowest BCUT2D eigenvalue weighted by Crippen LogP contribution is -2.45. The van der Waals surface area contributed by atoms with Gasteiger partial charge in [-0.15, -0.1) is 0 Å². The Labute approximate surface area is 199 Å². The van der Waals surface area contributed by atoms with Gasteiger partial charge < -0.3 is 10.2 Å². The van der Waals surface area contributed by atoms with E-state index in [4.69, 9.17) is 0 Å². The van der Waals surface area contributed by atoms with Gasteiger partial charge in [0.15, 0.2) is 0 Å². The summed E-state index contributed by atoms with van der Waals surface area (Å²) in [5.74, 6) is 0.725. The average molecular weight is 458 g/mol. The molecule has 0 aliphatic carbocycles. The van der Waals surface area contributed by atoms with Crippen LogP contribution < -0.4 is 11.0 Å². The number of anilines is 2. The van der Waals surface area contributed by atoms with Gasteiger partial charge in [0.2, 0.25) is 0 Å². The van der Waals surface area contributed by atoms with Crippen molar-refractivity contribution < 1.29 is 0 Å². The number of hydrogen-bond donors (Lipinski definition) is 1. The number of nitrogens with zero attached hydrogens (tertiary/aromatic N) is 6. The molecule has 8 nitrogen and oxygen atoms in total. The van der Waals surface area contributed by atoms with Crippen molar-refractivity contribution in [2.24, 2.45) is 0 Å². The minimum absolute atomic E-state index is 0.0320. The lowest BCUT2D eigenvalue weighted by Gasteiger charge is -2.32. The number of nitrogens with one attached hydrogen (secondary N) is 1. The van der Waals surface area contributed by atoms with E-state index in [1.807, 2.05) is 42.7 Å². The predicted molar refractivity (Wildman–Crippen MR) is 136 cm³/mol. The minimum atomic E-state index is -0.0320. The monoisotopic (exact) mass is 457 g/mol. The van der Waals surface area contributed by atoms with E-state index < -0.39 is 0 Å². The first-order valence-corrected chi connectivity index (χ1v) is 11.9. The molecule has 34 heavy (non-hydrogen) atoms. The number of fused-ring (bicyclic) bond motifs is 1. The van der Waals surface area contributed by atoms with Crippen LogP contribution in [0.5, 0.6) is 0 Å². The number of benzene rings is 2. The van der Waals surface area contributed by atoms with Crippen molar-refractivity contribution in [1.82, 2.24) is 28.9 Å². The van der Waals surface area contributed by atoms with Crippen LogP contribution in [0.15, 0.2) is 66.0 Å². The summed E-state index contributed by atoms with van der Waals surface area (Å²) in [5, 5.41) is 4.30. The molecule has 2 aromatic carbocycles. The van der Waals surface area contributed by atoms with E-state index >= 15 is 0 Å². The Bertz CT molecular complexity index is 1330. The van der Waals surface area contributed by atoms with Crippen LogP contribution >= 0.6 is 0 Å². The maximum Gasteiger partial charge on any atom is 0.332 e. The van der Waals surface area contributed by atoms with Gasteiger partial charge in [0.05, 0.1) is 11.2 Å². The zero-order chi connectivity index (χ0) is 23.5. The third kappa shape index (κ3) is 4.73.